The first kappa shape index (κ1) is 12.4. The largest absolute Gasteiger partial charge is 0.341 e. The van der Waals surface area contributed by atoms with Gasteiger partial charge in [-0.2, -0.15) is 0 Å². The lowest BCUT2D eigenvalue weighted by molar-refractivity contribution is -0.149. The van der Waals surface area contributed by atoms with Crippen LogP contribution in [0.3, 0.4) is 0 Å². The van der Waals surface area contributed by atoms with Crippen molar-refractivity contribution in [3.05, 3.63) is 0 Å². The topological polar surface area (TPSA) is 49.4 Å². The van der Waals surface area contributed by atoms with E-state index in [1.807, 2.05) is 0 Å². The predicted molar refractivity (Wildman–Crippen MR) is 65.3 cm³/mol. The van der Waals surface area contributed by atoms with Crippen molar-refractivity contribution in [3.8, 4) is 0 Å². The van der Waals surface area contributed by atoms with Crippen LogP contribution in [-0.2, 0) is 9.59 Å². The van der Waals surface area contributed by atoms with E-state index in [9.17, 15) is 9.59 Å². The van der Waals surface area contributed by atoms with Crippen molar-refractivity contribution in [2.24, 2.45) is 11.3 Å². The fourth-order valence-corrected chi connectivity index (χ4v) is 2.67. The summed E-state index contributed by atoms with van der Waals surface area (Å²) in [6, 6.07) is 0. The summed E-state index contributed by atoms with van der Waals surface area (Å²) in [6.45, 7) is 8.90. The minimum Gasteiger partial charge on any atom is -0.341 e. The SMILES string of the molecule is CC(C)C1(CN2CC(=O)NC(C)(C)C2=O)CC1. The predicted octanol–water partition coefficient (Wildman–Crippen LogP) is 1.16. The summed E-state index contributed by atoms with van der Waals surface area (Å²) in [7, 11) is 0. The highest BCUT2D eigenvalue weighted by atomic mass is 16.2. The number of rotatable bonds is 3. The van der Waals surface area contributed by atoms with Gasteiger partial charge < -0.3 is 10.2 Å². The molecule has 1 heterocycles. The van der Waals surface area contributed by atoms with E-state index in [2.05, 4.69) is 19.2 Å². The lowest BCUT2D eigenvalue weighted by Gasteiger charge is -2.39. The van der Waals surface area contributed by atoms with E-state index in [0.717, 1.165) is 6.54 Å². The molecule has 1 saturated heterocycles. The molecule has 4 heteroatoms. The Morgan fingerprint density at radius 1 is 1.29 bits per heavy atom. The van der Waals surface area contributed by atoms with Crippen molar-refractivity contribution in [3.63, 3.8) is 0 Å². The van der Waals surface area contributed by atoms with Crippen LogP contribution < -0.4 is 5.32 Å². The van der Waals surface area contributed by atoms with Gasteiger partial charge in [-0.05, 0) is 38.0 Å². The Morgan fingerprint density at radius 3 is 2.35 bits per heavy atom. The van der Waals surface area contributed by atoms with Crippen molar-refractivity contribution < 1.29 is 9.59 Å². The number of nitrogens with one attached hydrogen (secondary N) is 1. The van der Waals surface area contributed by atoms with E-state index in [1.54, 1.807) is 18.7 Å². The van der Waals surface area contributed by atoms with Crippen LogP contribution in [0.2, 0.25) is 0 Å². The summed E-state index contributed by atoms with van der Waals surface area (Å²) in [5.74, 6) is 0.571. The molecular weight excluding hydrogens is 216 g/mol. The molecule has 2 rings (SSSR count). The second-order valence-electron chi connectivity index (χ2n) is 6.35. The molecule has 0 bridgehead atoms. The maximum atomic E-state index is 12.2. The Labute approximate surface area is 103 Å². The summed E-state index contributed by atoms with van der Waals surface area (Å²) >= 11 is 0. The number of piperazine rings is 1. The molecule has 96 valence electrons. The van der Waals surface area contributed by atoms with Crippen LogP contribution >= 0.6 is 0 Å². The van der Waals surface area contributed by atoms with Crippen molar-refractivity contribution in [1.82, 2.24) is 10.2 Å². The molecule has 17 heavy (non-hydrogen) atoms. The number of amides is 2. The third-order valence-electron chi connectivity index (χ3n) is 4.23. The normalized spacial score (nSPS) is 26.1. The quantitative estimate of drug-likeness (QED) is 0.802. The van der Waals surface area contributed by atoms with Gasteiger partial charge >= 0.3 is 0 Å². The zero-order chi connectivity index (χ0) is 12.8. The van der Waals surface area contributed by atoms with E-state index in [1.165, 1.54) is 12.8 Å². The highest BCUT2D eigenvalue weighted by Gasteiger charge is 2.49. The number of carbonyl (C=O) groups is 2. The Balaban J connectivity index is 2.10. The molecule has 0 atom stereocenters. The van der Waals surface area contributed by atoms with Crippen LogP contribution in [0.5, 0.6) is 0 Å². The summed E-state index contributed by atoms with van der Waals surface area (Å²) < 4.78 is 0. The van der Waals surface area contributed by atoms with Crippen molar-refractivity contribution in [1.29, 1.82) is 0 Å². The smallest absolute Gasteiger partial charge is 0.248 e. The molecule has 2 amide bonds. The van der Waals surface area contributed by atoms with Crippen LogP contribution in [0.4, 0.5) is 0 Å². The van der Waals surface area contributed by atoms with Crippen molar-refractivity contribution in [2.75, 3.05) is 13.1 Å². The standard InChI is InChI=1S/C13H22N2O2/c1-9(2)13(5-6-13)8-15-7-10(16)14-12(3,4)11(15)17/h9H,5-8H2,1-4H3,(H,14,16). The summed E-state index contributed by atoms with van der Waals surface area (Å²) in [5, 5.41) is 2.74. The van der Waals surface area contributed by atoms with Crippen LogP contribution in [-0.4, -0.2) is 35.3 Å². The lowest BCUT2D eigenvalue weighted by atomic mass is 9.90. The molecule has 2 fully saturated rings. The molecule has 0 radical (unpaired) electrons. The molecule has 0 unspecified atom stereocenters. The lowest BCUT2D eigenvalue weighted by Crippen LogP contribution is -2.64. The van der Waals surface area contributed by atoms with E-state index >= 15 is 0 Å². The minimum absolute atomic E-state index is 0.0454. The number of carbonyl (C=O) groups excluding carboxylic acids is 2. The van der Waals surface area contributed by atoms with E-state index in [-0.39, 0.29) is 23.8 Å². The number of hydrogen-bond donors (Lipinski definition) is 1. The average molecular weight is 238 g/mol. The molecule has 1 aliphatic heterocycles. The van der Waals surface area contributed by atoms with Gasteiger partial charge in [0.1, 0.15) is 5.54 Å². The molecule has 0 aromatic heterocycles. The monoisotopic (exact) mass is 238 g/mol. The Hall–Kier alpha value is -1.06. The molecule has 4 nitrogen and oxygen atoms in total. The molecular formula is C13H22N2O2. The second-order valence-corrected chi connectivity index (χ2v) is 6.35. The van der Waals surface area contributed by atoms with Gasteiger partial charge in [-0.25, -0.2) is 0 Å². The first-order valence-corrected chi connectivity index (χ1v) is 6.37. The molecule has 1 aliphatic carbocycles. The Kier molecular flexibility index (Phi) is 2.71. The van der Waals surface area contributed by atoms with Crippen LogP contribution in [0.15, 0.2) is 0 Å². The maximum absolute atomic E-state index is 12.2. The average Bonchev–Trinajstić information content (AvgIpc) is 2.94. The van der Waals surface area contributed by atoms with Crippen LogP contribution in [0, 0.1) is 11.3 Å². The first-order chi connectivity index (χ1) is 7.77. The van der Waals surface area contributed by atoms with Crippen LogP contribution in [0.25, 0.3) is 0 Å². The molecule has 0 spiro atoms. The third-order valence-corrected chi connectivity index (χ3v) is 4.23. The van der Waals surface area contributed by atoms with Crippen LogP contribution in [0.1, 0.15) is 40.5 Å². The summed E-state index contributed by atoms with van der Waals surface area (Å²) in [5.41, 5.74) is -0.480. The van der Waals surface area contributed by atoms with Gasteiger partial charge in [0.05, 0.1) is 6.54 Å². The van der Waals surface area contributed by atoms with Crippen molar-refractivity contribution in [2.45, 2.75) is 46.1 Å². The molecule has 0 aromatic carbocycles. The molecule has 1 N–H and O–H groups in total. The highest BCUT2D eigenvalue weighted by Crippen LogP contribution is 2.52. The maximum Gasteiger partial charge on any atom is 0.248 e. The van der Waals surface area contributed by atoms with Gasteiger partial charge in [0.25, 0.3) is 0 Å². The minimum atomic E-state index is -0.748. The number of nitrogens with zero attached hydrogens (tertiary/aromatic N) is 1. The highest BCUT2D eigenvalue weighted by molar-refractivity contribution is 5.97. The van der Waals surface area contributed by atoms with E-state index in [4.69, 9.17) is 0 Å². The van der Waals surface area contributed by atoms with Gasteiger partial charge in [-0.3, -0.25) is 9.59 Å². The Bertz CT molecular complexity index is 356. The van der Waals surface area contributed by atoms with E-state index < -0.39 is 5.54 Å². The van der Waals surface area contributed by atoms with Gasteiger partial charge in [-0.15, -0.1) is 0 Å². The van der Waals surface area contributed by atoms with Gasteiger partial charge in [0.15, 0.2) is 0 Å². The van der Waals surface area contributed by atoms with Crippen molar-refractivity contribution >= 4 is 11.8 Å². The second kappa shape index (κ2) is 3.72. The fourth-order valence-electron chi connectivity index (χ4n) is 2.67. The summed E-state index contributed by atoms with van der Waals surface area (Å²) in [6.07, 6.45) is 2.35. The first-order valence-electron chi connectivity index (χ1n) is 6.37. The molecule has 1 saturated carbocycles. The van der Waals surface area contributed by atoms with Gasteiger partial charge in [-0.1, -0.05) is 13.8 Å². The Morgan fingerprint density at radius 2 is 1.88 bits per heavy atom. The summed E-state index contributed by atoms with van der Waals surface area (Å²) in [4.78, 5) is 25.6. The zero-order valence-electron chi connectivity index (χ0n) is 11.2. The molecule has 2 aliphatic rings. The third kappa shape index (κ3) is 2.17. The molecule has 0 aromatic rings. The number of hydrogen-bond acceptors (Lipinski definition) is 2. The van der Waals surface area contributed by atoms with Gasteiger partial charge in [0, 0.05) is 6.54 Å². The van der Waals surface area contributed by atoms with Gasteiger partial charge in [0.2, 0.25) is 11.8 Å². The zero-order valence-corrected chi connectivity index (χ0v) is 11.2. The van der Waals surface area contributed by atoms with E-state index in [0.29, 0.717) is 5.92 Å². The fraction of sp³-hybridized carbons (Fsp3) is 0.846.